The second-order valence-electron chi connectivity index (χ2n) is 3.59. The maximum atomic E-state index is 11.5. The maximum absolute atomic E-state index is 11.5. The van der Waals surface area contributed by atoms with Crippen LogP contribution in [0.3, 0.4) is 0 Å². The van der Waals surface area contributed by atoms with Crippen LogP contribution in [0.5, 0.6) is 0 Å². The molecule has 0 aromatic heterocycles. The second kappa shape index (κ2) is 7.58. The number of carbonyl (C=O) groups excluding carboxylic acids is 1. The van der Waals surface area contributed by atoms with E-state index in [1.165, 1.54) is 0 Å². The molecule has 0 aliphatic heterocycles. The summed E-state index contributed by atoms with van der Waals surface area (Å²) in [6.07, 6.45) is 2.60. The summed E-state index contributed by atoms with van der Waals surface area (Å²) < 4.78 is 5.11. The molecule has 0 bridgehead atoms. The van der Waals surface area contributed by atoms with Crippen molar-refractivity contribution in [3.8, 4) is 0 Å². The van der Waals surface area contributed by atoms with Crippen molar-refractivity contribution in [1.82, 2.24) is 0 Å². The first kappa shape index (κ1) is 14.4. The molecule has 0 radical (unpaired) electrons. The molecule has 1 rings (SSSR count). The molecule has 17 heavy (non-hydrogen) atoms. The molecule has 0 saturated carbocycles. The minimum absolute atomic E-state index is 0.172. The fourth-order valence-corrected chi connectivity index (χ4v) is 1.91. The average Bonchev–Trinajstić information content (AvgIpc) is 2.34. The van der Waals surface area contributed by atoms with Gasteiger partial charge in [-0.1, -0.05) is 29.8 Å². The molecule has 1 aromatic rings. The van der Waals surface area contributed by atoms with Gasteiger partial charge < -0.3 is 10.5 Å². The Kier molecular flexibility index (Phi) is 6.40. The number of benzene rings is 1. The number of nitrogens with two attached hydrogens (primary N) is 1. The van der Waals surface area contributed by atoms with Gasteiger partial charge in [0, 0.05) is 10.6 Å². The predicted octanol–water partition coefficient (Wildman–Crippen LogP) is 2.46. The highest BCUT2D eigenvalue weighted by Gasteiger charge is 2.14. The summed E-state index contributed by atoms with van der Waals surface area (Å²) in [5.41, 5.74) is 6.48. The van der Waals surface area contributed by atoms with Gasteiger partial charge >= 0.3 is 5.97 Å². The van der Waals surface area contributed by atoms with Gasteiger partial charge in [-0.25, -0.2) is 0 Å². The summed E-state index contributed by atoms with van der Waals surface area (Å²) >= 11 is 7.60. The average molecular weight is 274 g/mol. The molecular weight excluding hydrogens is 258 g/mol. The molecule has 5 heteroatoms. The van der Waals surface area contributed by atoms with Crippen LogP contribution in [-0.2, 0) is 16.1 Å². The van der Waals surface area contributed by atoms with E-state index in [0.717, 1.165) is 11.3 Å². The van der Waals surface area contributed by atoms with Crippen LogP contribution in [0.25, 0.3) is 0 Å². The molecule has 0 amide bonds. The van der Waals surface area contributed by atoms with Crippen LogP contribution in [0.1, 0.15) is 12.0 Å². The normalized spacial score (nSPS) is 12.2. The third-order valence-electron chi connectivity index (χ3n) is 2.26. The zero-order valence-electron chi connectivity index (χ0n) is 9.69. The fraction of sp³-hybridized carbons (Fsp3) is 0.417. The third kappa shape index (κ3) is 4.98. The first-order valence-electron chi connectivity index (χ1n) is 5.29. The number of carbonyl (C=O) groups is 1. The molecular formula is C12H16ClNO2S. The van der Waals surface area contributed by atoms with E-state index in [1.54, 1.807) is 17.8 Å². The molecule has 0 fully saturated rings. The van der Waals surface area contributed by atoms with Crippen molar-refractivity contribution in [1.29, 1.82) is 0 Å². The molecule has 0 heterocycles. The van der Waals surface area contributed by atoms with Crippen molar-refractivity contribution in [2.24, 2.45) is 5.73 Å². The summed E-state index contributed by atoms with van der Waals surface area (Å²) in [6.45, 7) is 0.172. The van der Waals surface area contributed by atoms with Gasteiger partial charge in [-0.2, -0.15) is 11.8 Å². The molecule has 2 N–H and O–H groups in total. The molecule has 0 spiro atoms. The minimum Gasteiger partial charge on any atom is -0.460 e. The largest absolute Gasteiger partial charge is 0.460 e. The summed E-state index contributed by atoms with van der Waals surface area (Å²) in [4.78, 5) is 11.5. The lowest BCUT2D eigenvalue weighted by molar-refractivity contribution is -0.146. The second-order valence-corrected chi connectivity index (χ2v) is 4.98. The lowest BCUT2D eigenvalue weighted by Crippen LogP contribution is -2.32. The van der Waals surface area contributed by atoms with Crippen molar-refractivity contribution in [3.05, 3.63) is 34.9 Å². The number of halogens is 1. The van der Waals surface area contributed by atoms with Crippen molar-refractivity contribution in [2.45, 2.75) is 19.1 Å². The van der Waals surface area contributed by atoms with Crippen LogP contribution < -0.4 is 5.73 Å². The smallest absolute Gasteiger partial charge is 0.323 e. The van der Waals surface area contributed by atoms with Gasteiger partial charge in [-0.05, 0) is 24.5 Å². The molecule has 0 unspecified atom stereocenters. The topological polar surface area (TPSA) is 52.3 Å². The van der Waals surface area contributed by atoms with E-state index in [4.69, 9.17) is 22.1 Å². The molecule has 1 aromatic carbocycles. The number of thioether (sulfide) groups is 1. The molecule has 1 atom stereocenters. The first-order valence-corrected chi connectivity index (χ1v) is 7.07. The van der Waals surface area contributed by atoms with Gasteiger partial charge in [0.25, 0.3) is 0 Å². The molecule has 0 aliphatic carbocycles. The molecule has 0 saturated heterocycles. The monoisotopic (exact) mass is 273 g/mol. The lowest BCUT2D eigenvalue weighted by atomic mass is 10.2. The first-order chi connectivity index (χ1) is 8.15. The highest BCUT2D eigenvalue weighted by atomic mass is 35.5. The standard InChI is InChI=1S/C12H16ClNO2S/c1-17-7-6-11(14)12(15)16-8-9-4-2-3-5-10(9)13/h2-5,11H,6-8,14H2,1H3/t11-/m1/s1. The van der Waals surface area contributed by atoms with E-state index in [0.29, 0.717) is 11.4 Å². The zero-order chi connectivity index (χ0) is 12.7. The quantitative estimate of drug-likeness (QED) is 0.809. The number of hydrogen-bond acceptors (Lipinski definition) is 4. The van der Waals surface area contributed by atoms with Gasteiger partial charge in [-0.3, -0.25) is 4.79 Å². The summed E-state index contributed by atoms with van der Waals surface area (Å²) in [5.74, 6) is 0.474. The van der Waals surface area contributed by atoms with Crippen LogP contribution in [0.4, 0.5) is 0 Å². The van der Waals surface area contributed by atoms with Crippen LogP contribution in [0.2, 0.25) is 5.02 Å². The Balaban J connectivity index is 2.40. The van der Waals surface area contributed by atoms with Crippen molar-refractivity contribution < 1.29 is 9.53 Å². The van der Waals surface area contributed by atoms with E-state index in [2.05, 4.69) is 0 Å². The lowest BCUT2D eigenvalue weighted by Gasteiger charge is -2.11. The van der Waals surface area contributed by atoms with Gasteiger partial charge in [0.05, 0.1) is 0 Å². The number of hydrogen-bond donors (Lipinski definition) is 1. The molecule has 0 aliphatic rings. The van der Waals surface area contributed by atoms with Crippen molar-refractivity contribution in [3.63, 3.8) is 0 Å². The summed E-state index contributed by atoms with van der Waals surface area (Å²) in [6, 6.07) is 6.71. The van der Waals surface area contributed by atoms with Crippen molar-refractivity contribution >= 4 is 29.3 Å². The number of esters is 1. The fourth-order valence-electron chi connectivity index (χ4n) is 1.23. The Morgan fingerprint density at radius 3 is 2.88 bits per heavy atom. The molecule has 3 nitrogen and oxygen atoms in total. The maximum Gasteiger partial charge on any atom is 0.323 e. The van der Waals surface area contributed by atoms with Crippen LogP contribution in [0.15, 0.2) is 24.3 Å². The number of ether oxygens (including phenoxy) is 1. The van der Waals surface area contributed by atoms with Gasteiger partial charge in [0.1, 0.15) is 12.6 Å². The Morgan fingerprint density at radius 1 is 1.53 bits per heavy atom. The van der Waals surface area contributed by atoms with E-state index < -0.39 is 6.04 Å². The van der Waals surface area contributed by atoms with E-state index in [9.17, 15) is 4.79 Å². The van der Waals surface area contributed by atoms with Gasteiger partial charge in [0.2, 0.25) is 0 Å². The SMILES string of the molecule is CSCC[C@@H](N)C(=O)OCc1ccccc1Cl. The third-order valence-corrected chi connectivity index (χ3v) is 3.28. The predicted molar refractivity (Wildman–Crippen MR) is 72.2 cm³/mol. The Bertz CT molecular complexity index is 373. The Morgan fingerprint density at radius 2 is 2.24 bits per heavy atom. The summed E-state index contributed by atoms with van der Waals surface area (Å²) in [7, 11) is 0. The van der Waals surface area contributed by atoms with Crippen molar-refractivity contribution in [2.75, 3.05) is 12.0 Å². The highest BCUT2D eigenvalue weighted by Crippen LogP contribution is 2.16. The Labute approximate surface area is 111 Å². The number of rotatable bonds is 6. The highest BCUT2D eigenvalue weighted by molar-refractivity contribution is 7.98. The van der Waals surface area contributed by atoms with Gasteiger partial charge in [0.15, 0.2) is 0 Å². The molecule has 94 valence electrons. The van der Waals surface area contributed by atoms with E-state index in [-0.39, 0.29) is 12.6 Å². The van der Waals surface area contributed by atoms with Crippen LogP contribution in [0, 0.1) is 0 Å². The van der Waals surface area contributed by atoms with Gasteiger partial charge in [-0.15, -0.1) is 0 Å². The van der Waals surface area contributed by atoms with Crippen LogP contribution >= 0.6 is 23.4 Å². The van der Waals surface area contributed by atoms with E-state index >= 15 is 0 Å². The minimum atomic E-state index is -0.551. The zero-order valence-corrected chi connectivity index (χ0v) is 11.3. The van der Waals surface area contributed by atoms with E-state index in [1.807, 2.05) is 24.5 Å². The summed E-state index contributed by atoms with van der Waals surface area (Å²) in [5, 5.41) is 0.595. The Hall–Kier alpha value is -0.710. The van der Waals surface area contributed by atoms with Crippen LogP contribution in [-0.4, -0.2) is 24.0 Å².